The largest absolute Gasteiger partial charge is 0.348 e. The van der Waals surface area contributed by atoms with Gasteiger partial charge in [-0.1, -0.05) is 41.9 Å². The number of aryl methyl sites for hydroxylation is 2. The van der Waals surface area contributed by atoms with Crippen LogP contribution in [0.15, 0.2) is 42.5 Å². The van der Waals surface area contributed by atoms with Crippen molar-refractivity contribution in [3.8, 4) is 0 Å². The van der Waals surface area contributed by atoms with E-state index in [0.29, 0.717) is 17.1 Å². The Morgan fingerprint density at radius 2 is 1.84 bits per heavy atom. The second-order valence-electron chi connectivity index (χ2n) is 4.58. The number of nitrogens with one attached hydrogen (secondary N) is 1. The lowest BCUT2D eigenvalue weighted by Crippen LogP contribution is -2.23. The predicted octanol–water partition coefficient (Wildman–Crippen LogP) is 3.89. The van der Waals surface area contributed by atoms with Crippen LogP contribution < -0.4 is 5.32 Å². The fourth-order valence-electron chi connectivity index (χ4n) is 1.84. The van der Waals surface area contributed by atoms with E-state index in [2.05, 4.69) is 31.3 Å². The number of hydrogen-bond acceptors (Lipinski definition) is 1. The van der Waals surface area contributed by atoms with Crippen molar-refractivity contribution in [2.75, 3.05) is 0 Å². The molecule has 0 aliphatic carbocycles. The van der Waals surface area contributed by atoms with Gasteiger partial charge in [-0.15, -0.1) is 0 Å². The summed E-state index contributed by atoms with van der Waals surface area (Å²) in [7, 11) is 0. The highest BCUT2D eigenvalue weighted by Gasteiger charge is 2.08. The highest BCUT2D eigenvalue weighted by atomic mass is 35.5. The predicted molar refractivity (Wildman–Crippen MR) is 78.5 cm³/mol. The van der Waals surface area contributed by atoms with E-state index in [4.69, 9.17) is 11.6 Å². The molecular formula is C16H16ClNO. The summed E-state index contributed by atoms with van der Waals surface area (Å²) in [4.78, 5) is 12.0. The first-order valence-electron chi connectivity index (χ1n) is 6.17. The van der Waals surface area contributed by atoms with Gasteiger partial charge in [0.15, 0.2) is 0 Å². The molecule has 0 aliphatic rings. The number of amides is 1. The molecule has 1 amide bonds. The Bertz CT molecular complexity index is 607. The molecule has 98 valence electrons. The summed E-state index contributed by atoms with van der Waals surface area (Å²) in [5, 5.41) is 3.35. The van der Waals surface area contributed by atoms with Gasteiger partial charge >= 0.3 is 0 Å². The monoisotopic (exact) mass is 273 g/mol. The van der Waals surface area contributed by atoms with Gasteiger partial charge in [0.05, 0.1) is 10.6 Å². The maximum Gasteiger partial charge on any atom is 0.253 e. The SMILES string of the molecule is Cc1ccc(CNC(=O)c2ccccc2Cl)cc1C. The summed E-state index contributed by atoms with van der Waals surface area (Å²) < 4.78 is 0. The average molecular weight is 274 g/mol. The highest BCUT2D eigenvalue weighted by molar-refractivity contribution is 6.33. The van der Waals surface area contributed by atoms with Gasteiger partial charge in [0.2, 0.25) is 0 Å². The molecule has 0 atom stereocenters. The van der Waals surface area contributed by atoms with Gasteiger partial charge in [-0.25, -0.2) is 0 Å². The molecule has 0 spiro atoms. The minimum absolute atomic E-state index is 0.149. The van der Waals surface area contributed by atoms with Crippen molar-refractivity contribution >= 4 is 17.5 Å². The molecule has 0 fully saturated rings. The summed E-state index contributed by atoms with van der Waals surface area (Å²) in [6.45, 7) is 4.64. The van der Waals surface area contributed by atoms with E-state index in [1.54, 1.807) is 18.2 Å². The summed E-state index contributed by atoms with van der Waals surface area (Å²) in [6.07, 6.45) is 0. The molecule has 19 heavy (non-hydrogen) atoms. The lowest BCUT2D eigenvalue weighted by Gasteiger charge is -2.08. The molecule has 0 aromatic heterocycles. The minimum atomic E-state index is -0.149. The van der Waals surface area contributed by atoms with E-state index < -0.39 is 0 Å². The van der Waals surface area contributed by atoms with Crippen LogP contribution in [0.4, 0.5) is 0 Å². The van der Waals surface area contributed by atoms with Crippen molar-refractivity contribution in [2.45, 2.75) is 20.4 Å². The minimum Gasteiger partial charge on any atom is -0.348 e. The molecule has 0 saturated carbocycles. The number of carbonyl (C=O) groups is 1. The normalized spacial score (nSPS) is 10.3. The van der Waals surface area contributed by atoms with E-state index in [0.717, 1.165) is 5.56 Å². The van der Waals surface area contributed by atoms with Crippen molar-refractivity contribution in [2.24, 2.45) is 0 Å². The Morgan fingerprint density at radius 3 is 2.53 bits per heavy atom. The molecule has 1 N–H and O–H groups in total. The van der Waals surface area contributed by atoms with Gasteiger partial charge in [-0.05, 0) is 42.7 Å². The van der Waals surface area contributed by atoms with Crippen LogP contribution in [0.3, 0.4) is 0 Å². The first kappa shape index (κ1) is 13.6. The van der Waals surface area contributed by atoms with E-state index in [1.165, 1.54) is 11.1 Å². The zero-order valence-corrected chi connectivity index (χ0v) is 11.8. The maximum atomic E-state index is 12.0. The Labute approximate surface area is 118 Å². The summed E-state index contributed by atoms with van der Waals surface area (Å²) in [5.74, 6) is -0.149. The van der Waals surface area contributed by atoms with Crippen LogP contribution in [0.2, 0.25) is 5.02 Å². The first-order chi connectivity index (χ1) is 9.08. The van der Waals surface area contributed by atoms with Crippen molar-refractivity contribution < 1.29 is 4.79 Å². The van der Waals surface area contributed by atoms with Crippen LogP contribution in [0, 0.1) is 13.8 Å². The summed E-state index contributed by atoms with van der Waals surface area (Å²) in [5.41, 5.74) is 4.07. The van der Waals surface area contributed by atoms with E-state index in [9.17, 15) is 4.79 Å². The molecule has 2 rings (SSSR count). The van der Waals surface area contributed by atoms with Crippen molar-refractivity contribution in [3.05, 3.63) is 69.7 Å². The van der Waals surface area contributed by atoms with E-state index >= 15 is 0 Å². The topological polar surface area (TPSA) is 29.1 Å². The summed E-state index contributed by atoms with van der Waals surface area (Å²) >= 11 is 5.99. The number of carbonyl (C=O) groups excluding carboxylic acids is 1. The van der Waals surface area contributed by atoms with Crippen LogP contribution in [0.25, 0.3) is 0 Å². The lowest BCUT2D eigenvalue weighted by molar-refractivity contribution is 0.0951. The number of halogens is 1. The third-order valence-electron chi connectivity index (χ3n) is 3.14. The van der Waals surface area contributed by atoms with Crippen LogP contribution in [-0.4, -0.2) is 5.91 Å². The zero-order chi connectivity index (χ0) is 13.8. The molecule has 0 saturated heterocycles. The Morgan fingerprint density at radius 1 is 1.11 bits per heavy atom. The molecule has 0 radical (unpaired) electrons. The quantitative estimate of drug-likeness (QED) is 0.903. The van der Waals surface area contributed by atoms with Gasteiger partial charge in [-0.2, -0.15) is 0 Å². The standard InChI is InChI=1S/C16H16ClNO/c1-11-7-8-13(9-12(11)2)10-18-16(19)14-5-3-4-6-15(14)17/h3-9H,10H2,1-2H3,(H,18,19). The van der Waals surface area contributed by atoms with Gasteiger partial charge in [0.25, 0.3) is 5.91 Å². The molecule has 2 nitrogen and oxygen atoms in total. The van der Waals surface area contributed by atoms with Crippen LogP contribution in [0.1, 0.15) is 27.0 Å². The molecule has 3 heteroatoms. The smallest absolute Gasteiger partial charge is 0.253 e. The van der Waals surface area contributed by atoms with Crippen molar-refractivity contribution in [1.29, 1.82) is 0 Å². The molecule has 2 aromatic rings. The van der Waals surface area contributed by atoms with Crippen LogP contribution in [0.5, 0.6) is 0 Å². The van der Waals surface area contributed by atoms with Gasteiger partial charge < -0.3 is 5.32 Å². The lowest BCUT2D eigenvalue weighted by atomic mass is 10.1. The van der Waals surface area contributed by atoms with E-state index in [1.807, 2.05) is 12.1 Å². The zero-order valence-electron chi connectivity index (χ0n) is 11.0. The van der Waals surface area contributed by atoms with Crippen LogP contribution in [-0.2, 0) is 6.54 Å². The molecule has 2 aromatic carbocycles. The Balaban J connectivity index is 2.04. The molecule has 0 bridgehead atoms. The number of rotatable bonds is 3. The second kappa shape index (κ2) is 5.89. The van der Waals surface area contributed by atoms with Crippen molar-refractivity contribution in [3.63, 3.8) is 0 Å². The molecule has 0 heterocycles. The number of benzene rings is 2. The molecule has 0 unspecified atom stereocenters. The fraction of sp³-hybridized carbons (Fsp3) is 0.188. The molecule has 0 aliphatic heterocycles. The maximum absolute atomic E-state index is 12.0. The fourth-order valence-corrected chi connectivity index (χ4v) is 2.06. The summed E-state index contributed by atoms with van der Waals surface area (Å²) in [6, 6.07) is 13.2. The third kappa shape index (κ3) is 3.36. The number of hydrogen-bond donors (Lipinski definition) is 1. The molecular weight excluding hydrogens is 258 g/mol. The Hall–Kier alpha value is -1.80. The third-order valence-corrected chi connectivity index (χ3v) is 3.47. The highest BCUT2D eigenvalue weighted by Crippen LogP contribution is 2.15. The van der Waals surface area contributed by atoms with Crippen LogP contribution >= 0.6 is 11.6 Å². The van der Waals surface area contributed by atoms with Gasteiger partial charge in [0.1, 0.15) is 0 Å². The second-order valence-corrected chi connectivity index (χ2v) is 4.99. The van der Waals surface area contributed by atoms with Gasteiger partial charge in [0, 0.05) is 6.54 Å². The first-order valence-corrected chi connectivity index (χ1v) is 6.54. The Kier molecular flexibility index (Phi) is 4.23. The van der Waals surface area contributed by atoms with E-state index in [-0.39, 0.29) is 5.91 Å². The van der Waals surface area contributed by atoms with Crippen molar-refractivity contribution in [1.82, 2.24) is 5.32 Å². The average Bonchev–Trinajstić information content (AvgIpc) is 2.40. The van der Waals surface area contributed by atoms with Gasteiger partial charge in [-0.3, -0.25) is 4.79 Å².